The van der Waals surface area contributed by atoms with Crippen molar-refractivity contribution in [3.63, 3.8) is 0 Å². The number of carbonyl (C=O) groups excluding carboxylic acids is 2. The van der Waals surface area contributed by atoms with Crippen molar-refractivity contribution in [2.45, 2.75) is 26.8 Å². The minimum absolute atomic E-state index is 0.0657. The molecule has 2 amide bonds. The molecule has 1 aromatic rings. The number of nitrogens with one attached hydrogen (secondary N) is 1. The molecule has 5 heteroatoms. The van der Waals surface area contributed by atoms with E-state index >= 15 is 0 Å². The smallest absolute Gasteiger partial charge is 0.248 e. The third kappa shape index (κ3) is 3.30. The predicted octanol–water partition coefficient (Wildman–Crippen LogP) is 1.02. The summed E-state index contributed by atoms with van der Waals surface area (Å²) in [5.41, 5.74) is 12.7. The number of rotatable bonds is 4. The number of primary amides is 1. The number of hydrogen-bond acceptors (Lipinski definition) is 3. The molecule has 98 valence electrons. The Morgan fingerprint density at radius 3 is 2.33 bits per heavy atom. The van der Waals surface area contributed by atoms with Gasteiger partial charge in [-0.05, 0) is 36.6 Å². The highest BCUT2D eigenvalue weighted by atomic mass is 16.2. The Kier molecular flexibility index (Phi) is 4.44. The van der Waals surface area contributed by atoms with Gasteiger partial charge in [-0.15, -0.1) is 0 Å². The van der Waals surface area contributed by atoms with E-state index < -0.39 is 11.9 Å². The van der Waals surface area contributed by atoms with Gasteiger partial charge in [0.1, 0.15) is 0 Å². The van der Waals surface area contributed by atoms with Crippen molar-refractivity contribution < 1.29 is 9.59 Å². The largest absolute Gasteiger partial charge is 0.366 e. The molecule has 1 aromatic carbocycles. The highest BCUT2D eigenvalue weighted by molar-refractivity contribution is 5.97. The summed E-state index contributed by atoms with van der Waals surface area (Å²) in [5, 5.41) is 2.71. The molecule has 1 atom stereocenters. The second-order valence-corrected chi connectivity index (χ2v) is 4.65. The highest BCUT2D eigenvalue weighted by Crippen LogP contribution is 2.15. The second kappa shape index (κ2) is 5.64. The van der Waals surface area contributed by atoms with Gasteiger partial charge in [0.05, 0.1) is 6.04 Å². The highest BCUT2D eigenvalue weighted by Gasteiger charge is 2.17. The van der Waals surface area contributed by atoms with Crippen LogP contribution in [-0.2, 0) is 4.79 Å². The molecule has 0 aromatic heterocycles. The molecule has 0 aliphatic heterocycles. The fourth-order valence-corrected chi connectivity index (χ4v) is 1.55. The van der Waals surface area contributed by atoms with Gasteiger partial charge in [-0.1, -0.05) is 13.8 Å². The molecule has 5 nitrogen and oxygen atoms in total. The first-order valence-electron chi connectivity index (χ1n) is 5.79. The lowest BCUT2D eigenvalue weighted by molar-refractivity contribution is -0.118. The number of nitrogens with two attached hydrogens (primary N) is 2. The van der Waals surface area contributed by atoms with Gasteiger partial charge < -0.3 is 16.8 Å². The van der Waals surface area contributed by atoms with Crippen LogP contribution in [0.5, 0.6) is 0 Å². The molecule has 0 spiro atoms. The molecular weight excluding hydrogens is 230 g/mol. The van der Waals surface area contributed by atoms with Crippen LogP contribution in [-0.4, -0.2) is 17.9 Å². The summed E-state index contributed by atoms with van der Waals surface area (Å²) in [7, 11) is 0. The molecule has 0 unspecified atom stereocenters. The van der Waals surface area contributed by atoms with Crippen molar-refractivity contribution in [3.05, 3.63) is 29.3 Å². The summed E-state index contributed by atoms with van der Waals surface area (Å²) >= 11 is 0. The maximum Gasteiger partial charge on any atom is 0.248 e. The summed E-state index contributed by atoms with van der Waals surface area (Å²) in [5.74, 6) is -0.656. The lowest BCUT2D eigenvalue weighted by Gasteiger charge is -2.15. The summed E-state index contributed by atoms with van der Waals surface area (Å²) in [6, 6.07) is 4.37. The van der Waals surface area contributed by atoms with Crippen LogP contribution in [0, 0.1) is 12.8 Å². The Balaban J connectivity index is 2.84. The van der Waals surface area contributed by atoms with Crippen LogP contribution in [0.2, 0.25) is 0 Å². The maximum atomic E-state index is 11.8. The van der Waals surface area contributed by atoms with Gasteiger partial charge in [-0.2, -0.15) is 0 Å². The average Bonchev–Trinajstić information content (AvgIpc) is 2.27. The van der Waals surface area contributed by atoms with E-state index in [-0.39, 0.29) is 11.8 Å². The monoisotopic (exact) mass is 249 g/mol. The van der Waals surface area contributed by atoms with Gasteiger partial charge >= 0.3 is 0 Å². The Hall–Kier alpha value is -1.88. The van der Waals surface area contributed by atoms with Crippen molar-refractivity contribution in [3.8, 4) is 0 Å². The molecule has 0 aliphatic rings. The van der Waals surface area contributed by atoms with Crippen molar-refractivity contribution in [1.29, 1.82) is 0 Å². The molecular formula is C13H19N3O2. The number of amides is 2. The van der Waals surface area contributed by atoms with E-state index in [4.69, 9.17) is 11.5 Å². The van der Waals surface area contributed by atoms with Crippen molar-refractivity contribution >= 4 is 17.5 Å². The Morgan fingerprint density at radius 1 is 1.28 bits per heavy atom. The number of benzene rings is 1. The summed E-state index contributed by atoms with van der Waals surface area (Å²) in [6.45, 7) is 5.52. The average molecular weight is 249 g/mol. The van der Waals surface area contributed by atoms with E-state index in [0.29, 0.717) is 11.3 Å². The molecule has 0 bridgehead atoms. The van der Waals surface area contributed by atoms with E-state index in [1.54, 1.807) is 25.1 Å². The zero-order valence-corrected chi connectivity index (χ0v) is 10.9. The fourth-order valence-electron chi connectivity index (χ4n) is 1.55. The molecule has 0 saturated carbocycles. The van der Waals surface area contributed by atoms with Gasteiger partial charge in [0.25, 0.3) is 0 Å². The van der Waals surface area contributed by atoms with Crippen LogP contribution in [0.1, 0.15) is 29.8 Å². The number of anilines is 1. The van der Waals surface area contributed by atoms with Crippen LogP contribution in [0.25, 0.3) is 0 Å². The molecule has 0 radical (unpaired) electrons. The lowest BCUT2D eigenvalue weighted by Crippen LogP contribution is -2.39. The van der Waals surface area contributed by atoms with Gasteiger partial charge in [0.2, 0.25) is 11.8 Å². The zero-order chi connectivity index (χ0) is 13.9. The molecule has 0 aliphatic carbocycles. The predicted molar refractivity (Wildman–Crippen MR) is 71.1 cm³/mol. The SMILES string of the molecule is Cc1cc(NC(=O)[C@@H](N)C(C)C)ccc1C(N)=O. The van der Waals surface area contributed by atoms with Gasteiger partial charge in [0.15, 0.2) is 0 Å². The summed E-state index contributed by atoms with van der Waals surface area (Å²) in [4.78, 5) is 22.8. The van der Waals surface area contributed by atoms with Crippen LogP contribution < -0.4 is 16.8 Å². The molecule has 1 rings (SSSR count). The number of aryl methyl sites for hydroxylation is 1. The zero-order valence-electron chi connectivity index (χ0n) is 10.9. The third-order valence-electron chi connectivity index (χ3n) is 2.78. The standard InChI is InChI=1S/C13H19N3O2/c1-7(2)11(14)13(18)16-9-4-5-10(12(15)17)8(3)6-9/h4-7,11H,14H2,1-3H3,(H2,15,17)(H,16,18)/t11-/m0/s1. The van der Waals surface area contributed by atoms with Crippen LogP contribution in [0.4, 0.5) is 5.69 Å². The number of carbonyl (C=O) groups is 2. The molecule has 18 heavy (non-hydrogen) atoms. The lowest BCUT2D eigenvalue weighted by atomic mass is 10.0. The Bertz CT molecular complexity index is 469. The van der Waals surface area contributed by atoms with E-state index in [1.807, 2.05) is 13.8 Å². The van der Waals surface area contributed by atoms with Crippen LogP contribution in [0.15, 0.2) is 18.2 Å². The fraction of sp³-hybridized carbons (Fsp3) is 0.385. The second-order valence-electron chi connectivity index (χ2n) is 4.65. The first-order valence-corrected chi connectivity index (χ1v) is 5.79. The topological polar surface area (TPSA) is 98.2 Å². The first-order chi connectivity index (χ1) is 8.32. The summed E-state index contributed by atoms with van der Waals surface area (Å²) in [6.07, 6.45) is 0. The van der Waals surface area contributed by atoms with Crippen molar-refractivity contribution in [1.82, 2.24) is 0 Å². The van der Waals surface area contributed by atoms with Crippen LogP contribution in [0.3, 0.4) is 0 Å². The van der Waals surface area contributed by atoms with Gasteiger partial charge in [-0.25, -0.2) is 0 Å². The summed E-state index contributed by atoms with van der Waals surface area (Å²) < 4.78 is 0. The van der Waals surface area contributed by atoms with Crippen molar-refractivity contribution in [2.75, 3.05) is 5.32 Å². The Labute approximate surface area is 107 Å². The molecule has 0 saturated heterocycles. The molecule has 0 fully saturated rings. The van der Waals surface area contributed by atoms with E-state index in [1.165, 1.54) is 0 Å². The minimum Gasteiger partial charge on any atom is -0.366 e. The van der Waals surface area contributed by atoms with Crippen molar-refractivity contribution in [2.24, 2.45) is 17.4 Å². The first kappa shape index (κ1) is 14.2. The normalized spacial score (nSPS) is 12.3. The minimum atomic E-state index is -0.555. The number of hydrogen-bond donors (Lipinski definition) is 3. The maximum absolute atomic E-state index is 11.8. The quantitative estimate of drug-likeness (QED) is 0.742. The molecule has 5 N–H and O–H groups in total. The van der Waals surface area contributed by atoms with E-state index in [9.17, 15) is 9.59 Å². The van der Waals surface area contributed by atoms with Gasteiger partial charge in [0, 0.05) is 11.3 Å². The van der Waals surface area contributed by atoms with E-state index in [2.05, 4.69) is 5.32 Å². The Morgan fingerprint density at radius 2 is 1.89 bits per heavy atom. The van der Waals surface area contributed by atoms with Gasteiger partial charge in [-0.3, -0.25) is 9.59 Å². The third-order valence-corrected chi connectivity index (χ3v) is 2.78. The van der Waals surface area contributed by atoms with Crippen LogP contribution >= 0.6 is 0 Å². The van der Waals surface area contributed by atoms with E-state index in [0.717, 1.165) is 5.56 Å². The molecule has 0 heterocycles.